The standard InChI is InChI=1S/C12H15BrN2O2/c13-10-3-1-2-9(15-10)11(17)14-8-12(4-5-12)6-7-16/h1-3,16H,4-8H2,(H,14,17). The van der Waals surface area contributed by atoms with E-state index < -0.39 is 0 Å². The van der Waals surface area contributed by atoms with Crippen LogP contribution in [0.25, 0.3) is 0 Å². The van der Waals surface area contributed by atoms with Crippen molar-refractivity contribution in [3.63, 3.8) is 0 Å². The molecule has 1 aliphatic carbocycles. The van der Waals surface area contributed by atoms with Gasteiger partial charge in [0.15, 0.2) is 0 Å². The number of nitrogens with one attached hydrogen (secondary N) is 1. The zero-order valence-electron chi connectivity index (χ0n) is 9.45. The molecule has 5 heteroatoms. The number of carbonyl (C=O) groups excluding carboxylic acids is 1. The molecular weight excluding hydrogens is 284 g/mol. The molecule has 1 heterocycles. The number of halogens is 1. The number of aromatic nitrogens is 1. The van der Waals surface area contributed by atoms with Gasteiger partial charge in [0, 0.05) is 13.2 Å². The lowest BCUT2D eigenvalue weighted by Gasteiger charge is -2.14. The number of carbonyl (C=O) groups is 1. The van der Waals surface area contributed by atoms with E-state index in [1.807, 2.05) is 0 Å². The molecule has 1 amide bonds. The van der Waals surface area contributed by atoms with E-state index in [1.165, 1.54) is 0 Å². The average molecular weight is 299 g/mol. The van der Waals surface area contributed by atoms with Gasteiger partial charge >= 0.3 is 0 Å². The van der Waals surface area contributed by atoms with Crippen molar-refractivity contribution in [3.05, 3.63) is 28.5 Å². The Morgan fingerprint density at radius 2 is 2.29 bits per heavy atom. The second-order valence-electron chi connectivity index (χ2n) is 4.50. The molecule has 0 saturated heterocycles. The van der Waals surface area contributed by atoms with Crippen LogP contribution in [0, 0.1) is 5.41 Å². The summed E-state index contributed by atoms with van der Waals surface area (Å²) in [6.07, 6.45) is 2.93. The lowest BCUT2D eigenvalue weighted by Crippen LogP contribution is -2.31. The maximum Gasteiger partial charge on any atom is 0.269 e. The third-order valence-corrected chi connectivity index (χ3v) is 3.61. The fourth-order valence-corrected chi connectivity index (χ4v) is 2.17. The number of aliphatic hydroxyl groups is 1. The minimum Gasteiger partial charge on any atom is -0.396 e. The lowest BCUT2D eigenvalue weighted by molar-refractivity contribution is 0.0935. The SMILES string of the molecule is O=C(NCC1(CCO)CC1)c1cccc(Br)n1. The van der Waals surface area contributed by atoms with E-state index in [4.69, 9.17) is 5.11 Å². The molecule has 0 aliphatic heterocycles. The van der Waals surface area contributed by atoms with Gasteiger partial charge in [-0.1, -0.05) is 6.07 Å². The summed E-state index contributed by atoms with van der Waals surface area (Å²) in [5.41, 5.74) is 0.551. The predicted molar refractivity (Wildman–Crippen MR) is 67.6 cm³/mol. The van der Waals surface area contributed by atoms with E-state index >= 15 is 0 Å². The Bertz CT molecular complexity index is 419. The summed E-state index contributed by atoms with van der Waals surface area (Å²) in [6.45, 7) is 0.811. The Balaban J connectivity index is 1.90. The van der Waals surface area contributed by atoms with E-state index in [9.17, 15) is 4.79 Å². The second-order valence-corrected chi connectivity index (χ2v) is 5.31. The van der Waals surface area contributed by atoms with Crippen molar-refractivity contribution in [1.29, 1.82) is 0 Å². The van der Waals surface area contributed by atoms with Crippen molar-refractivity contribution >= 4 is 21.8 Å². The average Bonchev–Trinajstić information content (AvgIpc) is 3.07. The Labute approximate surface area is 109 Å². The zero-order chi connectivity index (χ0) is 12.3. The number of amides is 1. The van der Waals surface area contributed by atoms with Gasteiger partial charge in [-0.3, -0.25) is 4.79 Å². The highest BCUT2D eigenvalue weighted by atomic mass is 79.9. The first kappa shape index (κ1) is 12.5. The Morgan fingerprint density at radius 3 is 2.88 bits per heavy atom. The molecular formula is C12H15BrN2O2. The minimum absolute atomic E-state index is 0.135. The van der Waals surface area contributed by atoms with Crippen LogP contribution in [0.2, 0.25) is 0 Å². The molecule has 1 aromatic heterocycles. The van der Waals surface area contributed by atoms with Crippen LogP contribution < -0.4 is 5.32 Å². The normalized spacial score (nSPS) is 16.6. The summed E-state index contributed by atoms with van der Waals surface area (Å²) in [7, 11) is 0. The summed E-state index contributed by atoms with van der Waals surface area (Å²) >= 11 is 3.23. The highest BCUT2D eigenvalue weighted by Crippen LogP contribution is 2.47. The molecule has 0 atom stereocenters. The molecule has 0 spiro atoms. The third-order valence-electron chi connectivity index (χ3n) is 3.17. The van der Waals surface area contributed by atoms with E-state index in [2.05, 4.69) is 26.2 Å². The van der Waals surface area contributed by atoms with Gasteiger partial charge in [0.05, 0.1) is 0 Å². The molecule has 1 saturated carbocycles. The van der Waals surface area contributed by atoms with Crippen LogP contribution in [0.1, 0.15) is 29.8 Å². The van der Waals surface area contributed by atoms with Gasteiger partial charge in [-0.25, -0.2) is 4.98 Å². The van der Waals surface area contributed by atoms with Crippen molar-refractivity contribution in [2.45, 2.75) is 19.3 Å². The third kappa shape index (κ3) is 3.26. The lowest BCUT2D eigenvalue weighted by atomic mass is 10.0. The van der Waals surface area contributed by atoms with Gasteiger partial charge in [0.1, 0.15) is 10.3 Å². The largest absolute Gasteiger partial charge is 0.396 e. The number of aliphatic hydroxyl groups excluding tert-OH is 1. The molecule has 2 rings (SSSR count). The van der Waals surface area contributed by atoms with Crippen LogP contribution in [0.15, 0.2) is 22.8 Å². The van der Waals surface area contributed by atoms with Gasteiger partial charge < -0.3 is 10.4 Å². The van der Waals surface area contributed by atoms with Crippen molar-refractivity contribution in [2.24, 2.45) is 5.41 Å². The molecule has 1 aliphatic rings. The molecule has 17 heavy (non-hydrogen) atoms. The Kier molecular flexibility index (Phi) is 3.79. The molecule has 92 valence electrons. The quantitative estimate of drug-likeness (QED) is 0.814. The number of hydrogen-bond acceptors (Lipinski definition) is 3. The monoisotopic (exact) mass is 298 g/mol. The first-order valence-electron chi connectivity index (χ1n) is 5.67. The van der Waals surface area contributed by atoms with Crippen LogP contribution in [-0.4, -0.2) is 29.1 Å². The number of nitrogens with zero attached hydrogens (tertiary/aromatic N) is 1. The summed E-state index contributed by atoms with van der Waals surface area (Å²) in [6, 6.07) is 5.25. The van der Waals surface area contributed by atoms with Crippen LogP contribution in [0.3, 0.4) is 0 Å². The molecule has 0 bridgehead atoms. The van der Waals surface area contributed by atoms with E-state index in [0.29, 0.717) is 16.8 Å². The van der Waals surface area contributed by atoms with Gasteiger partial charge in [0.25, 0.3) is 5.91 Å². The number of hydrogen-bond donors (Lipinski definition) is 2. The Hall–Kier alpha value is -0.940. The van der Waals surface area contributed by atoms with Crippen molar-refractivity contribution in [1.82, 2.24) is 10.3 Å². The summed E-state index contributed by atoms with van der Waals surface area (Å²) in [5.74, 6) is -0.157. The molecule has 2 N–H and O–H groups in total. The first-order chi connectivity index (χ1) is 8.15. The molecule has 1 aromatic rings. The molecule has 1 fully saturated rings. The fourth-order valence-electron chi connectivity index (χ4n) is 1.82. The number of pyridine rings is 1. The van der Waals surface area contributed by atoms with Gasteiger partial charge in [0.2, 0.25) is 0 Å². The Morgan fingerprint density at radius 1 is 1.53 bits per heavy atom. The maximum atomic E-state index is 11.8. The predicted octanol–water partition coefficient (Wildman–Crippen LogP) is 1.74. The summed E-state index contributed by atoms with van der Waals surface area (Å²) in [4.78, 5) is 15.9. The second kappa shape index (κ2) is 5.14. The number of rotatable bonds is 5. The highest BCUT2D eigenvalue weighted by Gasteiger charge is 2.41. The van der Waals surface area contributed by atoms with E-state index in [-0.39, 0.29) is 17.9 Å². The molecule has 0 unspecified atom stereocenters. The van der Waals surface area contributed by atoms with Gasteiger partial charge in [-0.2, -0.15) is 0 Å². The maximum absolute atomic E-state index is 11.8. The topological polar surface area (TPSA) is 62.2 Å². The van der Waals surface area contributed by atoms with Crippen LogP contribution in [0.4, 0.5) is 0 Å². The van der Waals surface area contributed by atoms with Crippen molar-refractivity contribution < 1.29 is 9.90 Å². The molecule has 0 radical (unpaired) electrons. The minimum atomic E-state index is -0.157. The summed E-state index contributed by atoms with van der Waals surface area (Å²) in [5, 5.41) is 11.8. The highest BCUT2D eigenvalue weighted by molar-refractivity contribution is 9.10. The van der Waals surface area contributed by atoms with Gasteiger partial charge in [-0.05, 0) is 52.7 Å². The first-order valence-corrected chi connectivity index (χ1v) is 6.46. The molecule has 4 nitrogen and oxygen atoms in total. The van der Waals surface area contributed by atoms with Gasteiger partial charge in [-0.15, -0.1) is 0 Å². The van der Waals surface area contributed by atoms with E-state index in [0.717, 1.165) is 19.3 Å². The zero-order valence-corrected chi connectivity index (χ0v) is 11.0. The van der Waals surface area contributed by atoms with Crippen LogP contribution in [0.5, 0.6) is 0 Å². The van der Waals surface area contributed by atoms with Crippen LogP contribution >= 0.6 is 15.9 Å². The summed E-state index contributed by atoms with van der Waals surface area (Å²) < 4.78 is 0.654. The fraction of sp³-hybridized carbons (Fsp3) is 0.500. The van der Waals surface area contributed by atoms with Crippen LogP contribution in [-0.2, 0) is 0 Å². The smallest absolute Gasteiger partial charge is 0.269 e. The van der Waals surface area contributed by atoms with E-state index in [1.54, 1.807) is 18.2 Å². The van der Waals surface area contributed by atoms with Crippen molar-refractivity contribution in [2.75, 3.05) is 13.2 Å². The molecule has 0 aromatic carbocycles. The van der Waals surface area contributed by atoms with Crippen molar-refractivity contribution in [3.8, 4) is 0 Å².